The Morgan fingerprint density at radius 3 is 2.56 bits per heavy atom. The average molecular weight is 385 g/mol. The summed E-state index contributed by atoms with van der Waals surface area (Å²) in [5, 5.41) is 7.53. The Labute approximate surface area is 162 Å². The molecule has 1 atom stereocenters. The Morgan fingerprint density at radius 2 is 1.81 bits per heavy atom. The van der Waals surface area contributed by atoms with Gasteiger partial charge in [0.2, 0.25) is 5.91 Å². The van der Waals surface area contributed by atoms with Gasteiger partial charge in [-0.25, -0.2) is 0 Å². The fourth-order valence-electron chi connectivity index (χ4n) is 3.13. The van der Waals surface area contributed by atoms with E-state index in [1.165, 1.54) is 11.3 Å². The van der Waals surface area contributed by atoms with Gasteiger partial charge in [0.05, 0.1) is 10.8 Å². The normalized spacial score (nSPS) is 16.6. The van der Waals surface area contributed by atoms with Gasteiger partial charge in [0.25, 0.3) is 11.8 Å². The van der Waals surface area contributed by atoms with Gasteiger partial charge in [-0.1, -0.05) is 24.3 Å². The molecule has 1 aliphatic heterocycles. The number of hydrogen-bond donors (Lipinski definition) is 2. The van der Waals surface area contributed by atoms with Crippen molar-refractivity contribution >= 4 is 29.1 Å². The maximum atomic E-state index is 12.5. The molecule has 27 heavy (non-hydrogen) atoms. The molecule has 6 nitrogen and oxygen atoms in total. The summed E-state index contributed by atoms with van der Waals surface area (Å²) in [5.74, 6) is -0.423. The third-order valence-electron chi connectivity index (χ3n) is 4.56. The first-order chi connectivity index (χ1) is 13.1. The first-order valence-electron chi connectivity index (χ1n) is 9.09. The summed E-state index contributed by atoms with van der Waals surface area (Å²) < 4.78 is 0. The third kappa shape index (κ3) is 5.17. The van der Waals surface area contributed by atoms with Crippen LogP contribution in [-0.2, 0) is 4.79 Å². The van der Waals surface area contributed by atoms with Crippen LogP contribution in [0, 0.1) is 5.92 Å². The highest BCUT2D eigenvalue weighted by Gasteiger charge is 2.29. The summed E-state index contributed by atoms with van der Waals surface area (Å²) >= 11 is 1.42. The second-order valence-corrected chi connectivity index (χ2v) is 7.43. The van der Waals surface area contributed by atoms with Crippen molar-refractivity contribution in [3.05, 3.63) is 58.3 Å². The van der Waals surface area contributed by atoms with Gasteiger partial charge in [-0.15, -0.1) is 11.3 Å². The van der Waals surface area contributed by atoms with Crippen LogP contribution in [0.4, 0.5) is 0 Å². The molecular weight excluding hydrogens is 362 g/mol. The number of rotatable bonds is 6. The zero-order chi connectivity index (χ0) is 19.1. The molecule has 2 N–H and O–H groups in total. The topological polar surface area (TPSA) is 78.5 Å². The quantitative estimate of drug-likeness (QED) is 0.748. The number of carbonyl (C=O) groups is 3. The first kappa shape index (κ1) is 19.1. The Morgan fingerprint density at radius 1 is 1.04 bits per heavy atom. The molecule has 1 aromatic heterocycles. The molecule has 142 valence electrons. The van der Waals surface area contributed by atoms with Crippen molar-refractivity contribution in [1.82, 2.24) is 15.5 Å². The molecule has 0 spiro atoms. The number of amides is 3. The van der Waals surface area contributed by atoms with Crippen LogP contribution in [0.25, 0.3) is 0 Å². The monoisotopic (exact) mass is 385 g/mol. The molecule has 1 aliphatic rings. The molecule has 1 saturated heterocycles. The summed E-state index contributed by atoms with van der Waals surface area (Å²) in [6, 6.07) is 12.6. The molecule has 7 heteroatoms. The molecule has 2 heterocycles. The Hall–Kier alpha value is -2.67. The minimum absolute atomic E-state index is 0.00220. The molecule has 3 amide bonds. The largest absolute Gasteiger partial charge is 0.354 e. The fourth-order valence-corrected chi connectivity index (χ4v) is 3.82. The van der Waals surface area contributed by atoms with E-state index in [1.54, 1.807) is 17.0 Å². The van der Waals surface area contributed by atoms with Crippen LogP contribution in [-0.4, -0.2) is 48.8 Å². The van der Waals surface area contributed by atoms with Gasteiger partial charge in [-0.3, -0.25) is 14.4 Å². The van der Waals surface area contributed by atoms with Crippen molar-refractivity contribution in [2.75, 3.05) is 26.2 Å². The number of hydrogen-bond acceptors (Lipinski definition) is 4. The van der Waals surface area contributed by atoms with E-state index < -0.39 is 0 Å². The maximum Gasteiger partial charge on any atom is 0.263 e. The molecule has 1 fully saturated rings. The number of nitrogens with zero attached hydrogens (tertiary/aromatic N) is 1. The lowest BCUT2D eigenvalue weighted by molar-refractivity contribution is -0.126. The molecule has 0 aliphatic carbocycles. The van der Waals surface area contributed by atoms with Gasteiger partial charge in [-0.2, -0.15) is 0 Å². The van der Waals surface area contributed by atoms with Crippen molar-refractivity contribution in [2.45, 2.75) is 12.8 Å². The Bertz CT molecular complexity index is 777. The lowest BCUT2D eigenvalue weighted by Crippen LogP contribution is -2.46. The summed E-state index contributed by atoms with van der Waals surface area (Å²) in [4.78, 5) is 39.3. The van der Waals surface area contributed by atoms with Crippen molar-refractivity contribution in [3.63, 3.8) is 0 Å². The molecule has 0 radical (unpaired) electrons. The molecule has 1 aromatic carbocycles. The highest BCUT2D eigenvalue weighted by molar-refractivity contribution is 7.12. The molecule has 0 bridgehead atoms. The number of nitrogens with one attached hydrogen (secondary N) is 2. The average Bonchev–Trinajstić information content (AvgIpc) is 3.26. The highest BCUT2D eigenvalue weighted by atomic mass is 32.1. The predicted octanol–water partition coefficient (Wildman–Crippen LogP) is 2.15. The van der Waals surface area contributed by atoms with Crippen molar-refractivity contribution < 1.29 is 14.4 Å². The third-order valence-corrected chi connectivity index (χ3v) is 5.41. The van der Waals surface area contributed by atoms with Gasteiger partial charge in [0.15, 0.2) is 0 Å². The molecule has 2 aromatic rings. The fraction of sp³-hybridized carbons (Fsp3) is 0.350. The maximum absolute atomic E-state index is 12.5. The van der Waals surface area contributed by atoms with E-state index in [1.807, 2.05) is 35.7 Å². The van der Waals surface area contributed by atoms with E-state index in [0.717, 1.165) is 12.8 Å². The smallest absolute Gasteiger partial charge is 0.263 e. The zero-order valence-electron chi connectivity index (χ0n) is 15.0. The van der Waals surface area contributed by atoms with Crippen molar-refractivity contribution in [3.8, 4) is 0 Å². The van der Waals surface area contributed by atoms with Gasteiger partial charge in [0.1, 0.15) is 0 Å². The van der Waals surface area contributed by atoms with Crippen molar-refractivity contribution in [2.24, 2.45) is 5.92 Å². The van der Waals surface area contributed by atoms with E-state index >= 15 is 0 Å². The highest BCUT2D eigenvalue weighted by Crippen LogP contribution is 2.20. The number of piperidine rings is 1. The van der Waals surface area contributed by atoms with Crippen LogP contribution in [0.3, 0.4) is 0 Å². The van der Waals surface area contributed by atoms with Gasteiger partial charge in [0, 0.05) is 31.7 Å². The van der Waals surface area contributed by atoms with Crippen LogP contribution < -0.4 is 10.6 Å². The van der Waals surface area contributed by atoms with Crippen LogP contribution >= 0.6 is 11.3 Å². The molecule has 3 rings (SSSR count). The summed E-state index contributed by atoms with van der Waals surface area (Å²) in [5.41, 5.74) is 0.596. The van der Waals surface area contributed by atoms with E-state index in [2.05, 4.69) is 10.6 Å². The Balaban J connectivity index is 1.41. The van der Waals surface area contributed by atoms with Crippen LogP contribution in [0.15, 0.2) is 47.8 Å². The second-order valence-electron chi connectivity index (χ2n) is 6.48. The van der Waals surface area contributed by atoms with Crippen LogP contribution in [0.1, 0.15) is 32.9 Å². The molecule has 1 unspecified atom stereocenters. The van der Waals surface area contributed by atoms with Gasteiger partial charge >= 0.3 is 0 Å². The summed E-state index contributed by atoms with van der Waals surface area (Å²) in [6.45, 7) is 1.86. The van der Waals surface area contributed by atoms with Crippen LogP contribution in [0.5, 0.6) is 0 Å². The van der Waals surface area contributed by atoms with Crippen molar-refractivity contribution in [1.29, 1.82) is 0 Å². The number of likely N-dealkylation sites (tertiary alicyclic amines) is 1. The lowest BCUT2D eigenvalue weighted by Gasteiger charge is -2.31. The van der Waals surface area contributed by atoms with E-state index in [9.17, 15) is 14.4 Å². The minimum atomic E-state index is -0.201. The van der Waals surface area contributed by atoms with E-state index in [4.69, 9.17) is 0 Å². The van der Waals surface area contributed by atoms with Crippen LogP contribution in [0.2, 0.25) is 0 Å². The molecular formula is C20H23N3O3S. The summed E-state index contributed by atoms with van der Waals surface area (Å²) in [7, 11) is 0. The second kappa shape index (κ2) is 9.32. The van der Waals surface area contributed by atoms with E-state index in [0.29, 0.717) is 36.6 Å². The van der Waals surface area contributed by atoms with Gasteiger partial charge < -0.3 is 15.5 Å². The van der Waals surface area contributed by atoms with E-state index in [-0.39, 0.29) is 23.6 Å². The zero-order valence-corrected chi connectivity index (χ0v) is 15.8. The first-order valence-corrected chi connectivity index (χ1v) is 9.97. The predicted molar refractivity (Wildman–Crippen MR) is 105 cm³/mol. The number of carbonyl (C=O) groups excluding carboxylic acids is 3. The standard InChI is InChI=1S/C20H23N3O3S/c24-18(15-6-2-1-3-7-15)21-10-11-22-19(25)16-8-4-12-23(14-16)20(26)17-9-5-13-27-17/h1-3,5-7,9,13,16H,4,8,10-12,14H2,(H,21,24)(H,22,25). The van der Waals surface area contributed by atoms with Gasteiger partial charge in [-0.05, 0) is 36.4 Å². The lowest BCUT2D eigenvalue weighted by atomic mass is 9.97. The molecule has 0 saturated carbocycles. The minimum Gasteiger partial charge on any atom is -0.354 e. The summed E-state index contributed by atoms with van der Waals surface area (Å²) in [6.07, 6.45) is 1.59. The SMILES string of the molecule is O=C(NCCNC(=O)C1CCCN(C(=O)c2cccs2)C1)c1ccccc1. The Kier molecular flexibility index (Phi) is 6.59. The number of benzene rings is 1. The number of thiophene rings is 1.